The molecule has 0 aliphatic rings. The second-order valence-electron chi connectivity index (χ2n) is 4.01. The molecule has 0 atom stereocenters. The van der Waals surface area contributed by atoms with E-state index in [1.165, 1.54) is 24.3 Å². The van der Waals surface area contributed by atoms with E-state index in [0.29, 0.717) is 0 Å². The van der Waals surface area contributed by atoms with Crippen LogP contribution in [0.25, 0.3) is 11.3 Å². The molecule has 0 unspecified atom stereocenters. The molecule has 20 heavy (non-hydrogen) atoms. The fourth-order valence-electron chi connectivity index (χ4n) is 1.86. The Labute approximate surface area is 125 Å². The maximum absolute atomic E-state index is 13.8. The number of nitrogens with zero attached hydrogens (tertiary/aromatic N) is 1. The number of pyridine rings is 1. The molecular formula is C13H9F3INO2. The molecule has 2 aromatic rings. The first-order chi connectivity index (χ1) is 9.41. The summed E-state index contributed by atoms with van der Waals surface area (Å²) in [5.41, 5.74) is -0.987. The molecule has 0 saturated carbocycles. The lowest BCUT2D eigenvalue weighted by molar-refractivity contribution is 0.125. The first-order valence-electron chi connectivity index (χ1n) is 5.57. The number of phenols is 1. The molecule has 0 amide bonds. The molecule has 0 bridgehead atoms. The standard InChI is InChI=1S/C13H9F3INO2/c14-7-2-1-3-10(19)12(7)9-5-4-8(17)13(20)18(9)6-11(15)16/h1-5,11,19H,6H2. The van der Waals surface area contributed by atoms with E-state index in [1.54, 1.807) is 22.6 Å². The van der Waals surface area contributed by atoms with Crippen LogP contribution in [0.1, 0.15) is 0 Å². The van der Waals surface area contributed by atoms with Gasteiger partial charge in [-0.3, -0.25) is 4.79 Å². The minimum Gasteiger partial charge on any atom is -0.507 e. The average Bonchev–Trinajstić information content (AvgIpc) is 2.37. The van der Waals surface area contributed by atoms with E-state index < -0.39 is 30.1 Å². The summed E-state index contributed by atoms with van der Waals surface area (Å²) in [6, 6.07) is 6.34. The molecule has 1 aromatic heterocycles. The van der Waals surface area contributed by atoms with Crippen LogP contribution in [0.3, 0.4) is 0 Å². The number of hydrogen-bond donors (Lipinski definition) is 1. The van der Waals surface area contributed by atoms with Crippen molar-refractivity contribution in [2.45, 2.75) is 13.0 Å². The molecule has 7 heteroatoms. The second-order valence-corrected chi connectivity index (χ2v) is 5.17. The highest BCUT2D eigenvalue weighted by Gasteiger charge is 2.18. The van der Waals surface area contributed by atoms with Crippen molar-refractivity contribution in [3.8, 4) is 17.0 Å². The average molecular weight is 395 g/mol. The molecule has 2 rings (SSSR count). The van der Waals surface area contributed by atoms with Crippen molar-refractivity contribution in [2.75, 3.05) is 0 Å². The number of rotatable bonds is 3. The molecule has 0 aliphatic heterocycles. The highest BCUT2D eigenvalue weighted by molar-refractivity contribution is 14.1. The summed E-state index contributed by atoms with van der Waals surface area (Å²) < 4.78 is 40.0. The normalized spacial score (nSPS) is 11.1. The summed E-state index contributed by atoms with van der Waals surface area (Å²) in [5, 5.41) is 9.72. The summed E-state index contributed by atoms with van der Waals surface area (Å²) >= 11 is 1.72. The molecule has 1 aromatic carbocycles. The minimum absolute atomic E-state index is 0.0775. The van der Waals surface area contributed by atoms with Gasteiger partial charge in [0.2, 0.25) is 0 Å². The van der Waals surface area contributed by atoms with E-state index in [9.17, 15) is 23.1 Å². The Morgan fingerprint density at radius 2 is 1.95 bits per heavy atom. The van der Waals surface area contributed by atoms with Gasteiger partial charge in [0.1, 0.15) is 11.6 Å². The topological polar surface area (TPSA) is 42.2 Å². The number of benzene rings is 1. The number of halogens is 4. The van der Waals surface area contributed by atoms with Crippen molar-refractivity contribution in [3.63, 3.8) is 0 Å². The fraction of sp³-hybridized carbons (Fsp3) is 0.154. The summed E-state index contributed by atoms with van der Waals surface area (Å²) in [7, 11) is 0. The van der Waals surface area contributed by atoms with Crippen molar-refractivity contribution in [2.24, 2.45) is 0 Å². The third kappa shape index (κ3) is 2.82. The van der Waals surface area contributed by atoms with Gasteiger partial charge in [0, 0.05) is 0 Å². The Morgan fingerprint density at radius 1 is 1.25 bits per heavy atom. The van der Waals surface area contributed by atoms with Crippen molar-refractivity contribution < 1.29 is 18.3 Å². The Morgan fingerprint density at radius 3 is 2.55 bits per heavy atom. The second kappa shape index (κ2) is 5.86. The highest BCUT2D eigenvalue weighted by atomic mass is 127. The van der Waals surface area contributed by atoms with Crippen LogP contribution in [0.15, 0.2) is 35.1 Å². The van der Waals surface area contributed by atoms with Gasteiger partial charge in [0.15, 0.2) is 0 Å². The number of aromatic nitrogens is 1. The minimum atomic E-state index is -2.77. The summed E-state index contributed by atoms with van der Waals surface area (Å²) in [5.74, 6) is -1.19. The van der Waals surface area contributed by atoms with Crippen molar-refractivity contribution >= 4 is 22.6 Å². The van der Waals surface area contributed by atoms with Crippen molar-refractivity contribution in [1.82, 2.24) is 4.57 Å². The van der Waals surface area contributed by atoms with Gasteiger partial charge in [0.05, 0.1) is 21.4 Å². The van der Waals surface area contributed by atoms with E-state index in [0.717, 1.165) is 10.6 Å². The van der Waals surface area contributed by atoms with Crippen LogP contribution < -0.4 is 5.56 Å². The van der Waals surface area contributed by atoms with Crippen LogP contribution in [0, 0.1) is 9.39 Å². The lowest BCUT2D eigenvalue weighted by Gasteiger charge is -2.14. The third-order valence-corrected chi connectivity index (χ3v) is 3.52. The molecule has 3 nitrogen and oxygen atoms in total. The maximum Gasteiger partial charge on any atom is 0.264 e. The number of aromatic hydroxyl groups is 1. The van der Waals surface area contributed by atoms with Gasteiger partial charge in [-0.15, -0.1) is 0 Å². The first-order valence-corrected chi connectivity index (χ1v) is 6.65. The van der Waals surface area contributed by atoms with Crippen LogP contribution in [-0.4, -0.2) is 16.1 Å². The van der Waals surface area contributed by atoms with Crippen LogP contribution >= 0.6 is 22.6 Å². The largest absolute Gasteiger partial charge is 0.507 e. The van der Waals surface area contributed by atoms with Gasteiger partial charge in [-0.25, -0.2) is 13.2 Å². The SMILES string of the molecule is O=c1c(I)ccc(-c2c(O)cccc2F)n1CC(F)F. The quantitative estimate of drug-likeness (QED) is 0.812. The Balaban J connectivity index is 2.74. The van der Waals surface area contributed by atoms with Gasteiger partial charge >= 0.3 is 0 Å². The third-order valence-electron chi connectivity index (χ3n) is 2.70. The van der Waals surface area contributed by atoms with Crippen LogP contribution in [0.5, 0.6) is 5.75 Å². The van der Waals surface area contributed by atoms with E-state index in [2.05, 4.69) is 0 Å². The molecular weight excluding hydrogens is 386 g/mol. The van der Waals surface area contributed by atoms with Gasteiger partial charge in [0.25, 0.3) is 12.0 Å². The first kappa shape index (κ1) is 14.9. The molecule has 1 heterocycles. The zero-order chi connectivity index (χ0) is 14.9. The van der Waals surface area contributed by atoms with E-state index in [-0.39, 0.29) is 14.8 Å². The number of phenolic OH excluding ortho intramolecular Hbond substituents is 1. The zero-order valence-electron chi connectivity index (χ0n) is 9.99. The van der Waals surface area contributed by atoms with Gasteiger partial charge in [-0.05, 0) is 46.9 Å². The Hall–Kier alpha value is -1.51. The zero-order valence-corrected chi connectivity index (χ0v) is 12.1. The van der Waals surface area contributed by atoms with Gasteiger partial charge in [-0.2, -0.15) is 0 Å². The number of alkyl halides is 2. The predicted octanol–water partition coefficient (Wildman–Crippen LogP) is 3.23. The molecule has 0 fully saturated rings. The van der Waals surface area contributed by atoms with Crippen LogP contribution in [-0.2, 0) is 6.54 Å². The molecule has 0 radical (unpaired) electrons. The molecule has 0 spiro atoms. The monoisotopic (exact) mass is 395 g/mol. The smallest absolute Gasteiger partial charge is 0.264 e. The Kier molecular flexibility index (Phi) is 4.36. The van der Waals surface area contributed by atoms with E-state index in [1.807, 2.05) is 0 Å². The van der Waals surface area contributed by atoms with Crippen molar-refractivity contribution in [3.05, 3.63) is 50.1 Å². The van der Waals surface area contributed by atoms with Gasteiger partial charge < -0.3 is 9.67 Å². The van der Waals surface area contributed by atoms with E-state index in [4.69, 9.17) is 0 Å². The highest BCUT2D eigenvalue weighted by Crippen LogP contribution is 2.31. The molecule has 0 saturated heterocycles. The predicted molar refractivity (Wildman–Crippen MR) is 76.5 cm³/mol. The summed E-state index contributed by atoms with van der Waals surface area (Å²) in [6.07, 6.45) is -2.77. The summed E-state index contributed by atoms with van der Waals surface area (Å²) in [6.45, 7) is -0.862. The maximum atomic E-state index is 13.8. The Bertz CT molecular complexity index is 680. The lowest BCUT2D eigenvalue weighted by Crippen LogP contribution is -2.26. The molecule has 106 valence electrons. The summed E-state index contributed by atoms with van der Waals surface area (Å²) in [4.78, 5) is 11.9. The number of hydrogen-bond acceptors (Lipinski definition) is 2. The van der Waals surface area contributed by atoms with Crippen LogP contribution in [0.2, 0.25) is 0 Å². The lowest BCUT2D eigenvalue weighted by atomic mass is 10.1. The fourth-order valence-corrected chi connectivity index (χ4v) is 2.33. The van der Waals surface area contributed by atoms with E-state index >= 15 is 0 Å². The van der Waals surface area contributed by atoms with Gasteiger partial charge in [-0.1, -0.05) is 6.07 Å². The van der Waals surface area contributed by atoms with Crippen LogP contribution in [0.4, 0.5) is 13.2 Å². The molecule has 0 aliphatic carbocycles. The molecule has 1 N–H and O–H groups in total. The van der Waals surface area contributed by atoms with Crippen molar-refractivity contribution in [1.29, 1.82) is 0 Å².